The second-order valence-corrected chi connectivity index (χ2v) is 4.03. The standard InChI is InChI=1S/C12H12N8O/c1-8-9(4-2-5-14-8)21-12-17-10(19-13)16-11(18-12)20-7-3-6-15-20/h2-7H,13H2,1H3,(H,16,17,18,19). The van der Waals surface area contributed by atoms with Gasteiger partial charge in [0, 0.05) is 18.6 Å². The number of hydrazine groups is 1. The number of hydrogen-bond acceptors (Lipinski definition) is 8. The molecule has 0 fully saturated rings. The van der Waals surface area contributed by atoms with Gasteiger partial charge in [0.2, 0.25) is 5.95 Å². The Morgan fingerprint density at radius 1 is 1.19 bits per heavy atom. The summed E-state index contributed by atoms with van der Waals surface area (Å²) < 4.78 is 7.11. The summed E-state index contributed by atoms with van der Waals surface area (Å²) in [7, 11) is 0. The molecule has 0 atom stereocenters. The monoisotopic (exact) mass is 284 g/mol. The van der Waals surface area contributed by atoms with E-state index in [0.29, 0.717) is 11.7 Å². The number of aryl methyl sites for hydroxylation is 1. The molecule has 3 N–H and O–H groups in total. The minimum atomic E-state index is 0.0968. The molecule has 0 bridgehead atoms. The van der Waals surface area contributed by atoms with Crippen molar-refractivity contribution in [2.24, 2.45) is 5.84 Å². The smallest absolute Gasteiger partial charge is 0.328 e. The van der Waals surface area contributed by atoms with E-state index in [1.807, 2.05) is 6.92 Å². The van der Waals surface area contributed by atoms with Crippen molar-refractivity contribution < 1.29 is 4.74 Å². The number of anilines is 1. The molecule has 9 nitrogen and oxygen atoms in total. The van der Waals surface area contributed by atoms with Crippen molar-refractivity contribution in [1.29, 1.82) is 0 Å². The van der Waals surface area contributed by atoms with Gasteiger partial charge in [0.1, 0.15) is 0 Å². The Kier molecular flexibility index (Phi) is 3.39. The van der Waals surface area contributed by atoms with Crippen LogP contribution in [-0.2, 0) is 0 Å². The number of nitrogens with two attached hydrogens (primary N) is 1. The third-order valence-electron chi connectivity index (χ3n) is 2.60. The highest BCUT2D eigenvalue weighted by Crippen LogP contribution is 2.21. The summed E-state index contributed by atoms with van der Waals surface area (Å²) in [6, 6.07) is 5.39. The van der Waals surface area contributed by atoms with Gasteiger partial charge in [0.25, 0.3) is 5.95 Å². The van der Waals surface area contributed by atoms with Crippen molar-refractivity contribution in [2.75, 3.05) is 5.43 Å². The molecule has 0 saturated heterocycles. The minimum Gasteiger partial charge on any atom is -0.422 e. The van der Waals surface area contributed by atoms with Crippen molar-refractivity contribution >= 4 is 5.95 Å². The molecule has 0 unspecified atom stereocenters. The maximum atomic E-state index is 5.63. The van der Waals surface area contributed by atoms with Gasteiger partial charge < -0.3 is 4.74 Å². The largest absolute Gasteiger partial charge is 0.422 e. The molecule has 3 heterocycles. The van der Waals surface area contributed by atoms with Gasteiger partial charge in [-0.05, 0) is 25.1 Å². The molecular weight excluding hydrogens is 272 g/mol. The third kappa shape index (κ3) is 2.77. The quantitative estimate of drug-likeness (QED) is 0.534. The van der Waals surface area contributed by atoms with Gasteiger partial charge >= 0.3 is 6.01 Å². The highest BCUT2D eigenvalue weighted by atomic mass is 16.5. The number of aromatic nitrogens is 6. The first-order chi connectivity index (χ1) is 10.3. The minimum absolute atomic E-state index is 0.0968. The third-order valence-corrected chi connectivity index (χ3v) is 2.60. The highest BCUT2D eigenvalue weighted by molar-refractivity contribution is 5.32. The lowest BCUT2D eigenvalue weighted by atomic mass is 10.3. The van der Waals surface area contributed by atoms with E-state index in [0.717, 1.165) is 5.69 Å². The lowest BCUT2D eigenvalue weighted by molar-refractivity contribution is 0.432. The summed E-state index contributed by atoms with van der Waals surface area (Å²) in [5, 5.41) is 4.05. The van der Waals surface area contributed by atoms with Crippen LogP contribution < -0.4 is 16.0 Å². The molecule has 0 aliphatic heterocycles. The van der Waals surface area contributed by atoms with Gasteiger partial charge in [-0.15, -0.1) is 0 Å². The summed E-state index contributed by atoms with van der Waals surface area (Å²) in [4.78, 5) is 16.5. The van der Waals surface area contributed by atoms with E-state index in [9.17, 15) is 0 Å². The Labute approximate surface area is 119 Å². The van der Waals surface area contributed by atoms with Gasteiger partial charge in [0.05, 0.1) is 5.69 Å². The topological polar surface area (TPSA) is 117 Å². The Balaban J connectivity index is 1.99. The van der Waals surface area contributed by atoms with Crippen LogP contribution in [0, 0.1) is 6.92 Å². The zero-order chi connectivity index (χ0) is 14.7. The number of hydrogen-bond donors (Lipinski definition) is 2. The molecule has 106 valence electrons. The second kappa shape index (κ2) is 5.51. The first-order valence-electron chi connectivity index (χ1n) is 6.08. The maximum absolute atomic E-state index is 5.63. The Bertz CT molecular complexity index is 743. The van der Waals surface area contributed by atoms with Gasteiger partial charge in [0.15, 0.2) is 5.75 Å². The van der Waals surface area contributed by atoms with Gasteiger partial charge in [-0.2, -0.15) is 20.1 Å². The lowest BCUT2D eigenvalue weighted by Crippen LogP contribution is -2.14. The predicted molar refractivity (Wildman–Crippen MR) is 73.8 cm³/mol. The summed E-state index contributed by atoms with van der Waals surface area (Å²) in [5.74, 6) is 6.38. The fourth-order valence-corrected chi connectivity index (χ4v) is 1.62. The summed E-state index contributed by atoms with van der Waals surface area (Å²) in [6.07, 6.45) is 5.00. The van der Waals surface area contributed by atoms with Crippen molar-refractivity contribution in [2.45, 2.75) is 6.92 Å². The highest BCUT2D eigenvalue weighted by Gasteiger charge is 2.11. The Hall–Kier alpha value is -3.07. The fourth-order valence-electron chi connectivity index (χ4n) is 1.62. The molecule has 3 aromatic rings. The second-order valence-electron chi connectivity index (χ2n) is 4.03. The predicted octanol–water partition coefficient (Wildman–Crippen LogP) is 0.839. The van der Waals surface area contributed by atoms with Crippen LogP contribution in [0.15, 0.2) is 36.8 Å². The van der Waals surface area contributed by atoms with Crippen molar-refractivity contribution in [3.8, 4) is 17.7 Å². The number of pyridine rings is 1. The molecule has 21 heavy (non-hydrogen) atoms. The van der Waals surface area contributed by atoms with Crippen molar-refractivity contribution in [3.05, 3.63) is 42.5 Å². The number of ether oxygens (including phenoxy) is 1. The van der Waals surface area contributed by atoms with Crippen LogP contribution >= 0.6 is 0 Å². The van der Waals surface area contributed by atoms with E-state index >= 15 is 0 Å². The van der Waals surface area contributed by atoms with E-state index in [4.69, 9.17) is 10.6 Å². The van der Waals surface area contributed by atoms with Gasteiger partial charge in [-0.3, -0.25) is 10.4 Å². The van der Waals surface area contributed by atoms with Gasteiger partial charge in [-0.25, -0.2) is 10.5 Å². The van der Waals surface area contributed by atoms with E-state index in [-0.39, 0.29) is 12.0 Å². The maximum Gasteiger partial charge on any atom is 0.328 e. The van der Waals surface area contributed by atoms with Crippen molar-refractivity contribution in [3.63, 3.8) is 0 Å². The zero-order valence-electron chi connectivity index (χ0n) is 11.1. The molecule has 0 aliphatic rings. The molecule has 0 radical (unpaired) electrons. The van der Waals surface area contributed by atoms with Crippen LogP contribution in [0.2, 0.25) is 0 Å². The van der Waals surface area contributed by atoms with Crippen molar-refractivity contribution in [1.82, 2.24) is 29.7 Å². The van der Waals surface area contributed by atoms with E-state index in [1.165, 1.54) is 4.68 Å². The Morgan fingerprint density at radius 2 is 2.10 bits per heavy atom. The summed E-state index contributed by atoms with van der Waals surface area (Å²) >= 11 is 0. The van der Waals surface area contributed by atoms with Crippen LogP contribution in [0.5, 0.6) is 11.8 Å². The number of rotatable bonds is 4. The molecular formula is C12H12N8O. The average molecular weight is 284 g/mol. The summed E-state index contributed by atoms with van der Waals surface area (Å²) in [6.45, 7) is 1.83. The van der Waals surface area contributed by atoms with Crippen LogP contribution in [0.1, 0.15) is 5.69 Å². The number of nitrogen functional groups attached to an aromatic ring is 1. The van der Waals surface area contributed by atoms with E-state index in [2.05, 4.69) is 30.5 Å². The van der Waals surface area contributed by atoms with Crippen LogP contribution in [0.4, 0.5) is 5.95 Å². The first kappa shape index (κ1) is 12.9. The SMILES string of the molecule is Cc1ncccc1Oc1nc(NN)nc(-n2cccn2)n1. The number of nitrogens with zero attached hydrogens (tertiary/aromatic N) is 6. The summed E-state index contributed by atoms with van der Waals surface area (Å²) in [5.41, 5.74) is 3.09. The molecule has 0 saturated carbocycles. The van der Waals surface area contributed by atoms with E-state index in [1.54, 1.807) is 36.8 Å². The average Bonchev–Trinajstić information content (AvgIpc) is 3.04. The normalized spacial score (nSPS) is 10.4. The molecule has 0 spiro atoms. The fraction of sp³-hybridized carbons (Fsp3) is 0.0833. The number of nitrogens with one attached hydrogen (secondary N) is 1. The Morgan fingerprint density at radius 3 is 2.81 bits per heavy atom. The van der Waals surface area contributed by atoms with Crippen LogP contribution in [0.3, 0.4) is 0 Å². The van der Waals surface area contributed by atoms with E-state index < -0.39 is 0 Å². The molecule has 3 rings (SSSR count). The molecule has 0 aliphatic carbocycles. The lowest BCUT2D eigenvalue weighted by Gasteiger charge is -2.08. The molecule has 0 aromatic carbocycles. The first-order valence-corrected chi connectivity index (χ1v) is 6.08. The molecule has 3 aromatic heterocycles. The molecule has 0 amide bonds. The zero-order valence-corrected chi connectivity index (χ0v) is 11.1. The van der Waals surface area contributed by atoms with Crippen LogP contribution in [-0.4, -0.2) is 29.7 Å². The van der Waals surface area contributed by atoms with Crippen LogP contribution in [0.25, 0.3) is 5.95 Å². The molecule has 9 heteroatoms. The van der Waals surface area contributed by atoms with Gasteiger partial charge in [-0.1, -0.05) is 0 Å².